The summed E-state index contributed by atoms with van der Waals surface area (Å²) in [5.74, 6) is -0.371. The fourth-order valence-corrected chi connectivity index (χ4v) is 4.21. The number of aromatic nitrogens is 1. The Labute approximate surface area is 173 Å². The fraction of sp³-hybridized carbons (Fsp3) is 0.333. The van der Waals surface area contributed by atoms with Gasteiger partial charge in [-0.05, 0) is 73.9 Å². The molecule has 1 aliphatic rings. The van der Waals surface area contributed by atoms with Crippen molar-refractivity contribution in [1.29, 1.82) is 0 Å². The lowest BCUT2D eigenvalue weighted by Gasteiger charge is -2.33. The minimum absolute atomic E-state index is 0.353. The molecule has 0 spiro atoms. The molecule has 6 heteroatoms. The Morgan fingerprint density at radius 2 is 1.90 bits per heavy atom. The summed E-state index contributed by atoms with van der Waals surface area (Å²) in [6.45, 7) is 1.85. The number of fused-ring (bicyclic) bond motifs is 2. The van der Waals surface area contributed by atoms with E-state index >= 15 is 0 Å². The van der Waals surface area contributed by atoms with Crippen LogP contribution in [0, 0.1) is 6.92 Å². The number of hydrogen-bond acceptors (Lipinski definition) is 3. The second kappa shape index (κ2) is 7.84. The van der Waals surface area contributed by atoms with E-state index in [1.807, 2.05) is 31.2 Å². The number of hydrogen-bond donors (Lipinski definition) is 1. The lowest BCUT2D eigenvalue weighted by molar-refractivity contribution is -0.232. The molecule has 4 rings (SSSR count). The molecule has 2 aromatic carbocycles. The van der Waals surface area contributed by atoms with Crippen molar-refractivity contribution in [3.63, 3.8) is 0 Å². The van der Waals surface area contributed by atoms with Crippen molar-refractivity contribution in [2.75, 3.05) is 0 Å². The number of aliphatic imine (C=N–C) groups is 1. The van der Waals surface area contributed by atoms with Gasteiger partial charge in [-0.1, -0.05) is 30.3 Å². The largest absolute Gasteiger partial charge is 0.422 e. The van der Waals surface area contributed by atoms with E-state index in [1.54, 1.807) is 30.3 Å². The van der Waals surface area contributed by atoms with Gasteiger partial charge in [0.15, 0.2) is 5.60 Å². The molecule has 1 aliphatic carbocycles. The summed E-state index contributed by atoms with van der Waals surface area (Å²) < 4.78 is 41.9. The van der Waals surface area contributed by atoms with Crippen molar-refractivity contribution in [2.24, 2.45) is 4.99 Å². The van der Waals surface area contributed by atoms with Crippen molar-refractivity contribution in [3.8, 4) is 0 Å². The molecule has 0 saturated heterocycles. The van der Waals surface area contributed by atoms with Crippen LogP contribution in [0.3, 0.4) is 0 Å². The van der Waals surface area contributed by atoms with Gasteiger partial charge in [-0.15, -0.1) is 0 Å². The molecule has 1 N–H and O–H groups in total. The maximum atomic E-state index is 14.0. The number of aryl methyl sites for hydroxylation is 2. The average Bonchev–Trinajstić information content (AvgIpc) is 2.71. The third kappa shape index (κ3) is 3.97. The minimum atomic E-state index is -4.83. The zero-order valence-electron chi connectivity index (χ0n) is 16.7. The van der Waals surface area contributed by atoms with Crippen molar-refractivity contribution in [2.45, 2.75) is 50.3 Å². The molecule has 0 fully saturated rings. The first-order valence-corrected chi connectivity index (χ1v) is 10.1. The quantitative estimate of drug-likeness (QED) is 0.530. The topological polar surface area (TPSA) is 45.5 Å². The van der Waals surface area contributed by atoms with E-state index in [1.165, 1.54) is 0 Å². The van der Waals surface area contributed by atoms with Gasteiger partial charge < -0.3 is 5.11 Å². The number of nitrogens with zero attached hydrogens (tertiary/aromatic N) is 2. The molecule has 0 aliphatic heterocycles. The lowest BCUT2D eigenvalue weighted by atomic mass is 9.77. The van der Waals surface area contributed by atoms with E-state index in [4.69, 9.17) is 0 Å². The number of benzene rings is 2. The molecule has 3 nitrogen and oxygen atoms in total. The minimum Gasteiger partial charge on any atom is -0.376 e. The summed E-state index contributed by atoms with van der Waals surface area (Å²) in [6, 6.07) is 16.2. The molecule has 0 amide bonds. The molecular weight excluding hydrogens is 389 g/mol. The molecule has 0 bridgehead atoms. The highest BCUT2D eigenvalue weighted by atomic mass is 19.4. The summed E-state index contributed by atoms with van der Waals surface area (Å²) in [7, 11) is 0. The van der Waals surface area contributed by atoms with Crippen molar-refractivity contribution in [3.05, 3.63) is 71.4 Å². The van der Waals surface area contributed by atoms with E-state index in [-0.39, 0.29) is 5.92 Å². The molecule has 0 saturated carbocycles. The Hall–Kier alpha value is -2.73. The van der Waals surface area contributed by atoms with Crippen LogP contribution in [0.1, 0.15) is 42.0 Å². The second-order valence-corrected chi connectivity index (χ2v) is 7.97. The fourth-order valence-electron chi connectivity index (χ4n) is 4.21. The van der Waals surface area contributed by atoms with Crippen LogP contribution < -0.4 is 0 Å². The van der Waals surface area contributed by atoms with Gasteiger partial charge in [0.2, 0.25) is 0 Å². The monoisotopic (exact) mass is 412 g/mol. The highest BCUT2D eigenvalue weighted by molar-refractivity contribution is 5.92. The zero-order chi connectivity index (χ0) is 21.4. The molecule has 156 valence electrons. The number of aliphatic hydroxyl groups is 1. The predicted octanol–water partition coefficient (Wildman–Crippen LogP) is 6.05. The van der Waals surface area contributed by atoms with Crippen molar-refractivity contribution >= 4 is 22.8 Å². The number of pyridine rings is 1. The van der Waals surface area contributed by atoms with Gasteiger partial charge in [-0.3, -0.25) is 9.98 Å². The van der Waals surface area contributed by atoms with E-state index in [0.29, 0.717) is 29.2 Å². The van der Waals surface area contributed by atoms with E-state index in [2.05, 4.69) is 9.98 Å². The molecular formula is C24H23F3N2O. The van der Waals surface area contributed by atoms with Gasteiger partial charge in [-0.25, -0.2) is 0 Å². The first-order valence-electron chi connectivity index (χ1n) is 10.1. The van der Waals surface area contributed by atoms with Gasteiger partial charge in [0.05, 0.1) is 11.2 Å². The van der Waals surface area contributed by atoms with Crippen LogP contribution in [0.4, 0.5) is 18.9 Å². The Kier molecular flexibility index (Phi) is 5.36. The summed E-state index contributed by atoms with van der Waals surface area (Å²) >= 11 is 0. The predicted molar refractivity (Wildman–Crippen MR) is 112 cm³/mol. The van der Waals surface area contributed by atoms with Crippen LogP contribution in [0.2, 0.25) is 0 Å². The van der Waals surface area contributed by atoms with Crippen LogP contribution in [0.15, 0.2) is 59.6 Å². The molecule has 3 aromatic rings. The number of alkyl halides is 3. The third-order valence-electron chi connectivity index (χ3n) is 5.81. The maximum Gasteiger partial charge on any atom is 0.422 e. The SMILES string of the molecule is Cc1ccc2c(N=CC(O)(CC3CCCc4ccccc43)C(F)(F)F)cccc2n1. The summed E-state index contributed by atoms with van der Waals surface area (Å²) in [6.07, 6.45) is -2.34. The standard InChI is InChI=1S/C24H23F3N2O/c1-16-12-13-20-21(10-5-11-22(20)29-16)28-15-23(30,24(25,26)27)14-18-8-4-7-17-6-2-3-9-19(17)18/h2-3,5-6,9-13,15,18,30H,4,7-8,14H2,1H3. The van der Waals surface area contributed by atoms with Crippen LogP contribution >= 0.6 is 0 Å². The van der Waals surface area contributed by atoms with E-state index in [0.717, 1.165) is 29.7 Å². The van der Waals surface area contributed by atoms with Gasteiger partial charge in [0.25, 0.3) is 0 Å². The average molecular weight is 412 g/mol. The first-order chi connectivity index (χ1) is 14.3. The third-order valence-corrected chi connectivity index (χ3v) is 5.81. The molecule has 2 atom stereocenters. The highest BCUT2D eigenvalue weighted by Crippen LogP contribution is 2.42. The smallest absolute Gasteiger partial charge is 0.376 e. The first kappa shape index (κ1) is 20.5. The van der Waals surface area contributed by atoms with Gasteiger partial charge >= 0.3 is 6.18 Å². The molecule has 1 aromatic heterocycles. The normalized spacial score (nSPS) is 19.0. The second-order valence-electron chi connectivity index (χ2n) is 7.97. The molecule has 2 unspecified atom stereocenters. The maximum absolute atomic E-state index is 14.0. The Morgan fingerprint density at radius 3 is 2.70 bits per heavy atom. The molecule has 0 radical (unpaired) electrons. The van der Waals surface area contributed by atoms with Gasteiger partial charge in [-0.2, -0.15) is 13.2 Å². The van der Waals surface area contributed by atoms with E-state index < -0.39 is 18.2 Å². The van der Waals surface area contributed by atoms with Crippen molar-refractivity contribution in [1.82, 2.24) is 4.98 Å². The highest BCUT2D eigenvalue weighted by Gasteiger charge is 2.54. The summed E-state index contributed by atoms with van der Waals surface area (Å²) in [5.41, 5.74) is 0.762. The number of halogens is 3. The number of rotatable bonds is 4. The van der Waals surface area contributed by atoms with Crippen LogP contribution in [0.5, 0.6) is 0 Å². The van der Waals surface area contributed by atoms with Crippen LogP contribution in [-0.2, 0) is 6.42 Å². The van der Waals surface area contributed by atoms with Crippen LogP contribution in [0.25, 0.3) is 10.9 Å². The van der Waals surface area contributed by atoms with Gasteiger partial charge in [0.1, 0.15) is 0 Å². The lowest BCUT2D eigenvalue weighted by Crippen LogP contribution is -2.48. The zero-order valence-corrected chi connectivity index (χ0v) is 16.7. The summed E-state index contributed by atoms with van der Waals surface area (Å²) in [5, 5.41) is 11.4. The Bertz CT molecular complexity index is 1090. The van der Waals surface area contributed by atoms with Gasteiger partial charge in [0, 0.05) is 17.3 Å². The van der Waals surface area contributed by atoms with Crippen LogP contribution in [-0.4, -0.2) is 28.1 Å². The molecule has 1 heterocycles. The van der Waals surface area contributed by atoms with E-state index in [9.17, 15) is 18.3 Å². The Balaban J connectivity index is 1.69. The molecule has 30 heavy (non-hydrogen) atoms. The summed E-state index contributed by atoms with van der Waals surface area (Å²) in [4.78, 5) is 8.48. The Morgan fingerprint density at radius 1 is 1.10 bits per heavy atom. The van der Waals surface area contributed by atoms with Crippen molar-refractivity contribution < 1.29 is 18.3 Å².